The van der Waals surface area contributed by atoms with Crippen LogP contribution in [0.1, 0.15) is 31.2 Å². The molecule has 7 heteroatoms. The Bertz CT molecular complexity index is 681. The molecule has 7 nitrogen and oxygen atoms in total. The third kappa shape index (κ3) is 3.51. The van der Waals surface area contributed by atoms with E-state index < -0.39 is 5.60 Å². The second-order valence-corrected chi connectivity index (χ2v) is 7.59. The number of nitrogens with one attached hydrogen (secondary N) is 2. The lowest BCUT2D eigenvalue weighted by atomic mass is 9.73. The molecule has 3 aliphatic rings. The Kier molecular flexibility index (Phi) is 5.25. The standard InChI is InChI=1S/C20H28N2O5/c1-24-20(4-8-21-9-5-20)18(23)22-13-19(6-10-25-11-7-19)15-2-3-16-17(12-15)27-14-26-16/h2-3,12,21H,4-11,13-14H2,1H3,(H,22,23). The second-order valence-electron chi connectivity index (χ2n) is 7.59. The third-order valence-corrected chi connectivity index (χ3v) is 6.24. The van der Waals surface area contributed by atoms with Crippen LogP contribution in [-0.2, 0) is 19.7 Å². The van der Waals surface area contributed by atoms with E-state index in [0.717, 1.165) is 43.0 Å². The smallest absolute Gasteiger partial charge is 0.252 e. The van der Waals surface area contributed by atoms with E-state index in [4.69, 9.17) is 18.9 Å². The lowest BCUT2D eigenvalue weighted by molar-refractivity contribution is -0.147. The normalized spacial score (nSPS) is 23.0. The summed E-state index contributed by atoms with van der Waals surface area (Å²) in [7, 11) is 1.63. The largest absolute Gasteiger partial charge is 0.454 e. The topological polar surface area (TPSA) is 78.1 Å². The van der Waals surface area contributed by atoms with E-state index >= 15 is 0 Å². The van der Waals surface area contributed by atoms with Crippen LogP contribution in [0.5, 0.6) is 11.5 Å². The van der Waals surface area contributed by atoms with Gasteiger partial charge in [0.25, 0.3) is 5.91 Å². The van der Waals surface area contributed by atoms with Gasteiger partial charge in [0.2, 0.25) is 6.79 Å². The summed E-state index contributed by atoms with van der Waals surface area (Å²) < 4.78 is 22.3. The molecule has 148 valence electrons. The molecule has 2 N–H and O–H groups in total. The number of rotatable bonds is 5. The molecule has 1 amide bonds. The van der Waals surface area contributed by atoms with Gasteiger partial charge < -0.3 is 29.6 Å². The lowest BCUT2D eigenvalue weighted by Crippen LogP contribution is -2.56. The fraction of sp³-hybridized carbons (Fsp3) is 0.650. The molecule has 0 aromatic heterocycles. The molecule has 4 rings (SSSR count). The number of piperidine rings is 1. The van der Waals surface area contributed by atoms with Crippen LogP contribution >= 0.6 is 0 Å². The summed E-state index contributed by atoms with van der Waals surface area (Å²) in [5.74, 6) is 1.53. The number of hydrogen-bond donors (Lipinski definition) is 2. The van der Waals surface area contributed by atoms with Gasteiger partial charge in [-0.1, -0.05) is 6.07 Å². The minimum atomic E-state index is -0.730. The highest BCUT2D eigenvalue weighted by atomic mass is 16.7. The fourth-order valence-corrected chi connectivity index (χ4v) is 4.32. The van der Waals surface area contributed by atoms with E-state index in [9.17, 15) is 4.79 Å². The van der Waals surface area contributed by atoms with Crippen molar-refractivity contribution in [1.82, 2.24) is 10.6 Å². The number of benzene rings is 1. The molecule has 2 fully saturated rings. The zero-order valence-electron chi connectivity index (χ0n) is 15.8. The fourth-order valence-electron chi connectivity index (χ4n) is 4.32. The van der Waals surface area contributed by atoms with Gasteiger partial charge in [0.1, 0.15) is 5.60 Å². The van der Waals surface area contributed by atoms with Crippen LogP contribution in [0.25, 0.3) is 0 Å². The van der Waals surface area contributed by atoms with Crippen molar-refractivity contribution in [2.45, 2.75) is 36.7 Å². The van der Waals surface area contributed by atoms with Gasteiger partial charge in [-0.25, -0.2) is 0 Å². The summed E-state index contributed by atoms with van der Waals surface area (Å²) in [6.07, 6.45) is 3.09. The van der Waals surface area contributed by atoms with E-state index in [1.165, 1.54) is 0 Å². The quantitative estimate of drug-likeness (QED) is 0.808. The van der Waals surface area contributed by atoms with Crippen LogP contribution in [-0.4, -0.2) is 58.3 Å². The molecule has 0 saturated carbocycles. The zero-order chi connectivity index (χ0) is 18.7. The van der Waals surface area contributed by atoms with Gasteiger partial charge in [-0.3, -0.25) is 4.79 Å². The molecule has 0 radical (unpaired) electrons. The Morgan fingerprint density at radius 1 is 1.15 bits per heavy atom. The number of hydrogen-bond acceptors (Lipinski definition) is 6. The van der Waals surface area contributed by atoms with Gasteiger partial charge in [0.05, 0.1) is 0 Å². The number of methoxy groups -OCH3 is 1. The molecule has 3 aliphatic heterocycles. The lowest BCUT2D eigenvalue weighted by Gasteiger charge is -2.40. The Morgan fingerprint density at radius 2 is 1.89 bits per heavy atom. The maximum atomic E-state index is 13.0. The number of ether oxygens (including phenoxy) is 4. The van der Waals surface area contributed by atoms with E-state index in [-0.39, 0.29) is 18.1 Å². The van der Waals surface area contributed by atoms with Crippen molar-refractivity contribution in [3.8, 4) is 11.5 Å². The molecule has 1 aromatic rings. The summed E-state index contributed by atoms with van der Waals surface area (Å²) in [4.78, 5) is 13.0. The molecular weight excluding hydrogens is 348 g/mol. The highest BCUT2D eigenvalue weighted by Crippen LogP contribution is 2.40. The Hall–Kier alpha value is -1.83. The average molecular weight is 376 g/mol. The second kappa shape index (κ2) is 7.66. The molecule has 2 saturated heterocycles. The van der Waals surface area contributed by atoms with Crippen LogP contribution in [0.3, 0.4) is 0 Å². The van der Waals surface area contributed by atoms with Crippen molar-refractivity contribution in [3.05, 3.63) is 23.8 Å². The predicted octanol–water partition coefficient (Wildman–Crippen LogP) is 1.35. The van der Waals surface area contributed by atoms with Crippen molar-refractivity contribution in [3.63, 3.8) is 0 Å². The van der Waals surface area contributed by atoms with Crippen molar-refractivity contribution >= 4 is 5.91 Å². The predicted molar refractivity (Wildman–Crippen MR) is 99.1 cm³/mol. The summed E-state index contributed by atoms with van der Waals surface area (Å²) in [6, 6.07) is 6.10. The molecule has 0 aliphatic carbocycles. The first-order chi connectivity index (χ1) is 13.2. The Labute approximate surface area is 159 Å². The van der Waals surface area contributed by atoms with Gasteiger partial charge in [0, 0.05) is 32.3 Å². The van der Waals surface area contributed by atoms with Crippen LogP contribution in [0, 0.1) is 0 Å². The highest BCUT2D eigenvalue weighted by molar-refractivity contribution is 5.85. The number of fused-ring (bicyclic) bond motifs is 1. The Morgan fingerprint density at radius 3 is 2.63 bits per heavy atom. The van der Waals surface area contributed by atoms with E-state index in [1.54, 1.807) is 7.11 Å². The number of carbonyl (C=O) groups is 1. The van der Waals surface area contributed by atoms with Gasteiger partial charge in [0.15, 0.2) is 11.5 Å². The molecule has 0 atom stereocenters. The van der Waals surface area contributed by atoms with Crippen LogP contribution in [0.4, 0.5) is 0 Å². The van der Waals surface area contributed by atoms with Crippen LogP contribution in [0.2, 0.25) is 0 Å². The maximum Gasteiger partial charge on any atom is 0.252 e. The first-order valence-electron chi connectivity index (χ1n) is 9.70. The average Bonchev–Trinajstić information content (AvgIpc) is 3.21. The first kappa shape index (κ1) is 18.5. The van der Waals surface area contributed by atoms with Gasteiger partial charge in [-0.2, -0.15) is 0 Å². The summed E-state index contributed by atoms with van der Waals surface area (Å²) in [5.41, 5.74) is 0.260. The van der Waals surface area contributed by atoms with Crippen molar-refractivity contribution in [2.24, 2.45) is 0 Å². The van der Waals surface area contributed by atoms with Crippen LogP contribution in [0.15, 0.2) is 18.2 Å². The summed E-state index contributed by atoms with van der Waals surface area (Å²) >= 11 is 0. The first-order valence-corrected chi connectivity index (χ1v) is 9.70. The monoisotopic (exact) mass is 376 g/mol. The zero-order valence-corrected chi connectivity index (χ0v) is 15.8. The molecular formula is C20H28N2O5. The van der Waals surface area contributed by atoms with Crippen molar-refractivity contribution < 1.29 is 23.7 Å². The highest BCUT2D eigenvalue weighted by Gasteiger charge is 2.42. The van der Waals surface area contributed by atoms with E-state index in [1.807, 2.05) is 6.07 Å². The van der Waals surface area contributed by atoms with E-state index in [2.05, 4.69) is 22.8 Å². The minimum absolute atomic E-state index is 0.0156. The molecule has 27 heavy (non-hydrogen) atoms. The molecule has 0 bridgehead atoms. The summed E-state index contributed by atoms with van der Waals surface area (Å²) in [6.45, 7) is 3.78. The number of carbonyl (C=O) groups excluding carboxylic acids is 1. The third-order valence-electron chi connectivity index (χ3n) is 6.24. The van der Waals surface area contributed by atoms with Crippen molar-refractivity contribution in [1.29, 1.82) is 0 Å². The van der Waals surface area contributed by atoms with Crippen LogP contribution < -0.4 is 20.1 Å². The minimum Gasteiger partial charge on any atom is -0.454 e. The van der Waals surface area contributed by atoms with Gasteiger partial charge in [-0.05, 0) is 56.5 Å². The van der Waals surface area contributed by atoms with Crippen molar-refractivity contribution in [2.75, 3.05) is 46.8 Å². The Balaban J connectivity index is 1.53. The molecule has 0 unspecified atom stereocenters. The number of amides is 1. The summed E-state index contributed by atoms with van der Waals surface area (Å²) in [5, 5.41) is 6.49. The SMILES string of the molecule is COC1(C(=O)NCC2(c3ccc4c(c3)OCO4)CCOCC2)CCNCC1. The molecule has 0 spiro atoms. The molecule has 1 aromatic carbocycles. The van der Waals surface area contributed by atoms with E-state index in [0.29, 0.717) is 32.6 Å². The molecule has 3 heterocycles. The van der Waals surface area contributed by atoms with Gasteiger partial charge in [-0.15, -0.1) is 0 Å². The van der Waals surface area contributed by atoms with Gasteiger partial charge >= 0.3 is 0 Å². The maximum absolute atomic E-state index is 13.0.